The number of nitrogens with zero attached hydrogens (tertiary/aromatic N) is 4. The summed E-state index contributed by atoms with van der Waals surface area (Å²) in [7, 11) is 0. The molecule has 148 valence electrons. The largest absolute Gasteiger partial charge is 0.440 e. The average Bonchev–Trinajstić information content (AvgIpc) is 3.33. The van der Waals surface area contributed by atoms with E-state index in [1.165, 1.54) is 28.9 Å². The monoisotopic (exact) mass is 394 g/mol. The second kappa shape index (κ2) is 7.29. The van der Waals surface area contributed by atoms with Crippen LogP contribution in [0, 0.1) is 5.82 Å². The molecule has 1 aliphatic rings. The van der Waals surface area contributed by atoms with Gasteiger partial charge in [0.1, 0.15) is 18.0 Å². The van der Waals surface area contributed by atoms with Crippen molar-refractivity contribution in [2.24, 2.45) is 0 Å². The number of likely N-dealkylation sites (tertiary alicyclic amines) is 1. The second-order valence-electron chi connectivity index (χ2n) is 7.23. The van der Waals surface area contributed by atoms with Crippen LogP contribution in [0.25, 0.3) is 22.6 Å². The van der Waals surface area contributed by atoms with Gasteiger partial charge in [0.15, 0.2) is 11.5 Å². The number of rotatable bonds is 4. The third kappa shape index (κ3) is 3.58. The van der Waals surface area contributed by atoms with Crippen LogP contribution in [-0.4, -0.2) is 32.8 Å². The Morgan fingerprint density at radius 1 is 1.03 bits per heavy atom. The smallest absolute Gasteiger partial charge is 0.438 e. The Balaban J connectivity index is 1.25. The molecule has 0 atom stereocenters. The van der Waals surface area contributed by atoms with Crippen LogP contribution in [0.1, 0.15) is 24.7 Å². The van der Waals surface area contributed by atoms with E-state index >= 15 is 0 Å². The number of para-hydroxylation sites is 2. The molecule has 4 aromatic rings. The molecule has 0 unspecified atom stereocenters. The highest BCUT2D eigenvalue weighted by atomic mass is 19.1. The van der Waals surface area contributed by atoms with Crippen LogP contribution in [0.5, 0.6) is 0 Å². The summed E-state index contributed by atoms with van der Waals surface area (Å²) in [6.45, 7) is 1.95. The molecule has 7 nitrogen and oxygen atoms in total. The summed E-state index contributed by atoms with van der Waals surface area (Å²) in [6, 6.07) is 13.5. The summed E-state index contributed by atoms with van der Waals surface area (Å²) in [5.74, 6) is 0.365. The Labute approximate surface area is 165 Å². The van der Waals surface area contributed by atoms with E-state index < -0.39 is 5.76 Å². The van der Waals surface area contributed by atoms with Gasteiger partial charge in [0.2, 0.25) is 5.89 Å². The lowest BCUT2D eigenvalue weighted by Crippen LogP contribution is -2.37. The van der Waals surface area contributed by atoms with Crippen molar-refractivity contribution in [2.75, 3.05) is 13.1 Å². The van der Waals surface area contributed by atoms with Crippen LogP contribution in [0.15, 0.2) is 62.2 Å². The summed E-state index contributed by atoms with van der Waals surface area (Å²) in [5.41, 5.74) is 2.26. The molecule has 1 saturated heterocycles. The van der Waals surface area contributed by atoms with Gasteiger partial charge in [0, 0.05) is 24.6 Å². The molecule has 5 rings (SSSR count). The lowest BCUT2D eigenvalue weighted by Gasteiger charge is -2.29. The first-order valence-electron chi connectivity index (χ1n) is 9.57. The molecule has 0 saturated carbocycles. The average molecular weight is 394 g/mol. The van der Waals surface area contributed by atoms with Gasteiger partial charge in [0.05, 0.1) is 0 Å². The maximum Gasteiger partial charge on any atom is 0.438 e. The number of halogens is 1. The molecule has 8 heteroatoms. The van der Waals surface area contributed by atoms with E-state index in [-0.39, 0.29) is 17.6 Å². The molecule has 29 heavy (non-hydrogen) atoms. The van der Waals surface area contributed by atoms with Gasteiger partial charge in [-0.15, -0.1) is 5.10 Å². The van der Waals surface area contributed by atoms with Gasteiger partial charge in [-0.3, -0.25) is 4.90 Å². The SMILES string of the molecule is O=c1oc(-c2ccc(F)cc2)nn1CN1CCC(c2nc3ccccc3o2)CC1. The molecule has 2 aromatic carbocycles. The fourth-order valence-electron chi connectivity index (χ4n) is 3.68. The molecule has 0 N–H and O–H groups in total. The van der Waals surface area contributed by atoms with Crippen LogP contribution in [0.3, 0.4) is 0 Å². The van der Waals surface area contributed by atoms with Crippen LogP contribution in [0.2, 0.25) is 0 Å². The van der Waals surface area contributed by atoms with Gasteiger partial charge in [-0.2, -0.15) is 4.68 Å². The third-order valence-corrected chi connectivity index (χ3v) is 5.28. The Kier molecular flexibility index (Phi) is 4.48. The Bertz CT molecular complexity index is 1150. The van der Waals surface area contributed by atoms with E-state index in [1.807, 2.05) is 24.3 Å². The van der Waals surface area contributed by atoms with E-state index in [1.54, 1.807) is 0 Å². The minimum Gasteiger partial charge on any atom is -0.440 e. The van der Waals surface area contributed by atoms with E-state index in [0.29, 0.717) is 12.2 Å². The van der Waals surface area contributed by atoms with Gasteiger partial charge in [-0.05, 0) is 49.2 Å². The molecule has 3 heterocycles. The first-order valence-corrected chi connectivity index (χ1v) is 9.57. The number of fused-ring (bicyclic) bond motifs is 1. The highest BCUT2D eigenvalue weighted by Crippen LogP contribution is 2.30. The Hall–Kier alpha value is -3.26. The minimum atomic E-state index is -0.523. The molecular weight excluding hydrogens is 375 g/mol. The highest BCUT2D eigenvalue weighted by Gasteiger charge is 2.25. The van der Waals surface area contributed by atoms with E-state index in [4.69, 9.17) is 8.83 Å². The third-order valence-electron chi connectivity index (χ3n) is 5.28. The van der Waals surface area contributed by atoms with E-state index in [9.17, 15) is 9.18 Å². The van der Waals surface area contributed by atoms with Crippen molar-refractivity contribution in [3.8, 4) is 11.5 Å². The zero-order valence-corrected chi connectivity index (χ0v) is 15.6. The Morgan fingerprint density at radius 2 is 1.79 bits per heavy atom. The lowest BCUT2D eigenvalue weighted by atomic mass is 9.97. The zero-order valence-electron chi connectivity index (χ0n) is 15.6. The summed E-state index contributed by atoms with van der Waals surface area (Å²) < 4.78 is 25.5. The van der Waals surface area contributed by atoms with Crippen molar-refractivity contribution in [2.45, 2.75) is 25.4 Å². The summed E-state index contributed by atoms with van der Waals surface area (Å²) in [4.78, 5) is 18.9. The van der Waals surface area contributed by atoms with Gasteiger partial charge in [-0.1, -0.05) is 12.1 Å². The van der Waals surface area contributed by atoms with E-state index in [0.717, 1.165) is 42.9 Å². The number of piperidine rings is 1. The normalized spacial score (nSPS) is 15.9. The summed E-state index contributed by atoms with van der Waals surface area (Å²) >= 11 is 0. The minimum absolute atomic E-state index is 0.191. The first kappa shape index (κ1) is 17.8. The predicted octanol–water partition coefficient (Wildman–Crippen LogP) is 3.62. The lowest BCUT2D eigenvalue weighted by molar-refractivity contribution is 0.150. The van der Waals surface area contributed by atoms with Crippen molar-refractivity contribution in [1.82, 2.24) is 19.7 Å². The molecule has 0 radical (unpaired) electrons. The van der Waals surface area contributed by atoms with Crippen LogP contribution in [-0.2, 0) is 6.67 Å². The van der Waals surface area contributed by atoms with Gasteiger partial charge in [-0.25, -0.2) is 14.2 Å². The van der Waals surface area contributed by atoms with E-state index in [2.05, 4.69) is 15.0 Å². The van der Waals surface area contributed by atoms with Crippen molar-refractivity contribution < 1.29 is 13.2 Å². The maximum absolute atomic E-state index is 13.1. The molecule has 0 bridgehead atoms. The van der Waals surface area contributed by atoms with Crippen molar-refractivity contribution in [3.63, 3.8) is 0 Å². The number of aromatic nitrogens is 3. The van der Waals surface area contributed by atoms with Crippen molar-refractivity contribution in [3.05, 3.63) is 70.8 Å². The standard InChI is InChI=1S/C21H19FN4O3/c22-16-7-5-14(6-8-16)20-24-26(21(27)29-20)13-25-11-9-15(10-12-25)19-23-17-3-1-2-4-18(17)28-19/h1-8,15H,9-13H2. The zero-order chi connectivity index (χ0) is 19.8. The molecule has 2 aromatic heterocycles. The number of oxazole rings is 1. The first-order chi connectivity index (χ1) is 14.2. The van der Waals surface area contributed by atoms with Gasteiger partial charge < -0.3 is 8.83 Å². The molecule has 1 aliphatic heterocycles. The van der Waals surface area contributed by atoms with Crippen LogP contribution >= 0.6 is 0 Å². The van der Waals surface area contributed by atoms with Gasteiger partial charge >= 0.3 is 5.76 Å². The number of hydrogen-bond acceptors (Lipinski definition) is 6. The van der Waals surface area contributed by atoms with Crippen LogP contribution < -0.4 is 5.76 Å². The molecule has 0 amide bonds. The molecular formula is C21H19FN4O3. The molecule has 0 aliphatic carbocycles. The quantitative estimate of drug-likeness (QED) is 0.526. The van der Waals surface area contributed by atoms with Crippen LogP contribution in [0.4, 0.5) is 4.39 Å². The topological polar surface area (TPSA) is 77.3 Å². The van der Waals surface area contributed by atoms with Crippen molar-refractivity contribution >= 4 is 11.1 Å². The molecule has 1 fully saturated rings. The highest BCUT2D eigenvalue weighted by molar-refractivity contribution is 5.72. The molecule has 0 spiro atoms. The fourth-order valence-corrected chi connectivity index (χ4v) is 3.68. The van der Waals surface area contributed by atoms with Crippen molar-refractivity contribution in [1.29, 1.82) is 0 Å². The predicted molar refractivity (Wildman–Crippen MR) is 104 cm³/mol. The van der Waals surface area contributed by atoms with Gasteiger partial charge in [0.25, 0.3) is 0 Å². The second-order valence-corrected chi connectivity index (χ2v) is 7.23. The summed E-state index contributed by atoms with van der Waals surface area (Å²) in [6.07, 6.45) is 1.79. The number of benzene rings is 2. The number of hydrogen-bond donors (Lipinski definition) is 0. The maximum atomic E-state index is 13.1. The Morgan fingerprint density at radius 3 is 2.55 bits per heavy atom. The fraction of sp³-hybridized carbons (Fsp3) is 0.286. The summed E-state index contributed by atoms with van der Waals surface area (Å²) in [5, 5.41) is 4.25.